The first-order chi connectivity index (χ1) is 12.0. The highest BCUT2D eigenvalue weighted by Gasteiger charge is 2.36. The van der Waals surface area contributed by atoms with E-state index in [2.05, 4.69) is 11.7 Å². The predicted octanol–water partition coefficient (Wildman–Crippen LogP) is 2.01. The zero-order valence-electron chi connectivity index (χ0n) is 15.2. The van der Waals surface area contributed by atoms with Gasteiger partial charge in [0.2, 0.25) is 11.8 Å². The van der Waals surface area contributed by atoms with Crippen LogP contribution in [0, 0.1) is 5.92 Å². The minimum Gasteiger partial charge on any atom is -0.469 e. The van der Waals surface area contributed by atoms with Gasteiger partial charge in [0.15, 0.2) is 0 Å². The zero-order valence-corrected chi connectivity index (χ0v) is 15.2. The molecule has 1 unspecified atom stereocenters. The molecule has 1 fully saturated rings. The highest BCUT2D eigenvalue weighted by atomic mass is 16.5. The number of hydrogen-bond acceptors (Lipinski definition) is 4. The lowest BCUT2D eigenvalue weighted by Gasteiger charge is -2.22. The van der Waals surface area contributed by atoms with Gasteiger partial charge in [-0.25, -0.2) is 0 Å². The lowest BCUT2D eigenvalue weighted by molar-refractivity contribution is -0.141. The molecular formula is C19H26N2O4. The second kappa shape index (κ2) is 8.65. The Bertz CT molecular complexity index is 644. The Kier molecular flexibility index (Phi) is 6.56. The van der Waals surface area contributed by atoms with E-state index >= 15 is 0 Å². The fourth-order valence-electron chi connectivity index (χ4n) is 3.16. The van der Waals surface area contributed by atoms with Crippen molar-refractivity contribution in [1.29, 1.82) is 0 Å². The van der Waals surface area contributed by atoms with Gasteiger partial charge in [-0.3, -0.25) is 14.4 Å². The van der Waals surface area contributed by atoms with Gasteiger partial charge in [-0.15, -0.1) is 0 Å². The quantitative estimate of drug-likeness (QED) is 0.709. The molecule has 0 saturated carbocycles. The number of anilines is 1. The topological polar surface area (TPSA) is 66.9 Å². The maximum Gasteiger partial charge on any atom is 0.305 e. The highest BCUT2D eigenvalue weighted by Crippen LogP contribution is 2.29. The van der Waals surface area contributed by atoms with E-state index in [9.17, 15) is 14.4 Å². The third-order valence-electron chi connectivity index (χ3n) is 4.62. The van der Waals surface area contributed by atoms with Gasteiger partial charge in [0, 0.05) is 38.7 Å². The van der Waals surface area contributed by atoms with Crippen LogP contribution in [0.1, 0.15) is 31.7 Å². The van der Waals surface area contributed by atoms with E-state index in [0.29, 0.717) is 19.5 Å². The Morgan fingerprint density at radius 2 is 2.04 bits per heavy atom. The molecule has 1 aromatic rings. The van der Waals surface area contributed by atoms with E-state index in [0.717, 1.165) is 17.7 Å². The van der Waals surface area contributed by atoms with Crippen LogP contribution in [-0.2, 0) is 25.5 Å². The average molecular weight is 346 g/mol. The molecule has 0 spiro atoms. The fourth-order valence-corrected chi connectivity index (χ4v) is 3.16. The summed E-state index contributed by atoms with van der Waals surface area (Å²) < 4.78 is 4.60. The molecule has 6 heteroatoms. The maximum absolute atomic E-state index is 12.6. The van der Waals surface area contributed by atoms with Gasteiger partial charge in [-0.1, -0.05) is 25.1 Å². The molecule has 2 amide bonds. The van der Waals surface area contributed by atoms with Crippen LogP contribution < -0.4 is 4.90 Å². The summed E-state index contributed by atoms with van der Waals surface area (Å²) in [7, 11) is 3.07. The normalized spacial score (nSPS) is 16.8. The second-order valence-electron chi connectivity index (χ2n) is 6.33. The van der Waals surface area contributed by atoms with Crippen LogP contribution in [0.4, 0.5) is 5.69 Å². The van der Waals surface area contributed by atoms with Crippen molar-refractivity contribution in [3.05, 3.63) is 29.8 Å². The van der Waals surface area contributed by atoms with Crippen LogP contribution in [0.5, 0.6) is 0 Å². The summed E-state index contributed by atoms with van der Waals surface area (Å²) in [4.78, 5) is 39.5. The number of methoxy groups -OCH3 is 1. The Morgan fingerprint density at radius 1 is 1.32 bits per heavy atom. The van der Waals surface area contributed by atoms with Crippen LogP contribution in [0.25, 0.3) is 0 Å². The molecular weight excluding hydrogens is 320 g/mol. The monoisotopic (exact) mass is 346 g/mol. The number of hydrogen-bond donors (Lipinski definition) is 0. The minimum absolute atomic E-state index is 0.0118. The van der Waals surface area contributed by atoms with Gasteiger partial charge in [0.25, 0.3) is 0 Å². The standard InChI is InChI=1S/C19H26N2O4/c1-4-14-8-5-6-9-16(14)21-13-15(12-17(21)22)19(24)20(2)11-7-10-18(23)25-3/h5-6,8-9,15H,4,7,10-13H2,1-3H3. The molecule has 0 bridgehead atoms. The molecule has 2 rings (SSSR count). The summed E-state index contributed by atoms with van der Waals surface area (Å²) in [5.41, 5.74) is 2.01. The predicted molar refractivity (Wildman–Crippen MR) is 95.2 cm³/mol. The van der Waals surface area contributed by atoms with Crippen molar-refractivity contribution in [2.75, 3.05) is 32.1 Å². The summed E-state index contributed by atoms with van der Waals surface area (Å²) in [6.45, 7) is 2.94. The molecule has 1 aliphatic rings. The van der Waals surface area contributed by atoms with Gasteiger partial charge in [0.1, 0.15) is 0 Å². The Labute approximate surface area is 148 Å². The lowest BCUT2D eigenvalue weighted by atomic mass is 10.1. The van der Waals surface area contributed by atoms with Gasteiger partial charge in [0.05, 0.1) is 13.0 Å². The third-order valence-corrected chi connectivity index (χ3v) is 4.62. The van der Waals surface area contributed by atoms with Gasteiger partial charge in [-0.05, 0) is 24.5 Å². The molecule has 1 heterocycles. The molecule has 6 nitrogen and oxygen atoms in total. The van der Waals surface area contributed by atoms with Crippen molar-refractivity contribution in [1.82, 2.24) is 4.90 Å². The van der Waals surface area contributed by atoms with Crippen molar-refractivity contribution in [2.24, 2.45) is 5.92 Å². The molecule has 1 atom stereocenters. The molecule has 1 aromatic carbocycles. The Balaban J connectivity index is 1.97. The molecule has 0 aromatic heterocycles. The average Bonchev–Trinajstić information content (AvgIpc) is 3.02. The minimum atomic E-state index is -0.333. The van der Waals surface area contributed by atoms with Gasteiger partial charge < -0.3 is 14.5 Å². The number of ether oxygens (including phenoxy) is 1. The van der Waals surface area contributed by atoms with Crippen molar-refractivity contribution in [2.45, 2.75) is 32.6 Å². The third kappa shape index (κ3) is 4.59. The molecule has 136 valence electrons. The fraction of sp³-hybridized carbons (Fsp3) is 0.526. The summed E-state index contributed by atoms with van der Waals surface area (Å²) in [6.07, 6.45) is 1.91. The van der Waals surface area contributed by atoms with E-state index in [1.165, 1.54) is 7.11 Å². The van der Waals surface area contributed by atoms with Crippen molar-refractivity contribution >= 4 is 23.5 Å². The SMILES string of the molecule is CCc1ccccc1N1CC(C(=O)N(C)CCCC(=O)OC)CC1=O. The molecule has 1 aliphatic heterocycles. The summed E-state index contributed by atoms with van der Waals surface area (Å²) in [6, 6.07) is 7.82. The first-order valence-corrected chi connectivity index (χ1v) is 8.68. The number of aryl methyl sites for hydroxylation is 1. The Morgan fingerprint density at radius 3 is 2.72 bits per heavy atom. The van der Waals surface area contributed by atoms with E-state index in [1.54, 1.807) is 16.8 Å². The van der Waals surface area contributed by atoms with Gasteiger partial charge in [-0.2, -0.15) is 0 Å². The first kappa shape index (κ1) is 19.0. The van der Waals surface area contributed by atoms with E-state index in [-0.39, 0.29) is 36.5 Å². The summed E-state index contributed by atoms with van der Waals surface area (Å²) >= 11 is 0. The smallest absolute Gasteiger partial charge is 0.305 e. The molecule has 0 radical (unpaired) electrons. The van der Waals surface area contributed by atoms with Crippen LogP contribution in [0.3, 0.4) is 0 Å². The number of rotatable bonds is 7. The van der Waals surface area contributed by atoms with E-state index in [4.69, 9.17) is 0 Å². The Hall–Kier alpha value is -2.37. The molecule has 1 saturated heterocycles. The number of amides is 2. The summed E-state index contributed by atoms with van der Waals surface area (Å²) in [5, 5.41) is 0. The zero-order chi connectivity index (χ0) is 18.4. The van der Waals surface area contributed by atoms with Crippen LogP contribution in [0.15, 0.2) is 24.3 Å². The maximum atomic E-state index is 12.6. The first-order valence-electron chi connectivity index (χ1n) is 8.68. The number of benzene rings is 1. The number of carbonyl (C=O) groups excluding carboxylic acids is 3. The van der Waals surface area contributed by atoms with Crippen LogP contribution in [0.2, 0.25) is 0 Å². The van der Waals surface area contributed by atoms with Crippen LogP contribution >= 0.6 is 0 Å². The molecule has 0 N–H and O–H groups in total. The van der Waals surface area contributed by atoms with E-state index in [1.807, 2.05) is 24.3 Å². The highest BCUT2D eigenvalue weighted by molar-refractivity contribution is 6.00. The lowest BCUT2D eigenvalue weighted by Crippen LogP contribution is -2.35. The largest absolute Gasteiger partial charge is 0.469 e. The summed E-state index contributed by atoms with van der Waals surface area (Å²) in [5.74, 6) is -0.670. The molecule has 25 heavy (non-hydrogen) atoms. The second-order valence-corrected chi connectivity index (χ2v) is 6.33. The number of esters is 1. The van der Waals surface area contributed by atoms with Crippen molar-refractivity contribution in [3.63, 3.8) is 0 Å². The van der Waals surface area contributed by atoms with Crippen LogP contribution in [-0.4, -0.2) is 49.9 Å². The number of nitrogens with zero attached hydrogens (tertiary/aromatic N) is 2. The van der Waals surface area contributed by atoms with Crippen molar-refractivity contribution < 1.29 is 19.1 Å². The van der Waals surface area contributed by atoms with E-state index < -0.39 is 0 Å². The molecule has 0 aliphatic carbocycles. The number of carbonyl (C=O) groups is 3. The van der Waals surface area contributed by atoms with Gasteiger partial charge >= 0.3 is 5.97 Å². The number of para-hydroxylation sites is 1. The van der Waals surface area contributed by atoms with Crippen molar-refractivity contribution in [3.8, 4) is 0 Å².